The van der Waals surface area contributed by atoms with Gasteiger partial charge in [0, 0.05) is 36.2 Å². The van der Waals surface area contributed by atoms with Crippen molar-refractivity contribution in [3.8, 4) is 5.75 Å². The number of nitrogens with one attached hydrogen (secondary N) is 3. The lowest BCUT2D eigenvalue weighted by molar-refractivity contribution is -0.258. The maximum absolute atomic E-state index is 12.7. The van der Waals surface area contributed by atoms with E-state index in [1.165, 1.54) is 0 Å². The molecule has 30 heavy (non-hydrogen) atoms. The van der Waals surface area contributed by atoms with Crippen LogP contribution in [-0.2, 0) is 19.1 Å². The van der Waals surface area contributed by atoms with Crippen molar-refractivity contribution < 1.29 is 28.6 Å². The van der Waals surface area contributed by atoms with Gasteiger partial charge in [-0.05, 0) is 12.1 Å². The lowest BCUT2D eigenvalue weighted by Gasteiger charge is -2.40. The summed E-state index contributed by atoms with van der Waals surface area (Å²) < 4.78 is 16.8. The Morgan fingerprint density at radius 3 is 2.50 bits per heavy atom. The average Bonchev–Trinajstić information content (AvgIpc) is 2.72. The van der Waals surface area contributed by atoms with Crippen molar-refractivity contribution >= 4 is 30.5 Å². The van der Waals surface area contributed by atoms with E-state index in [0.717, 1.165) is 5.56 Å². The molecule has 0 spiro atoms. The molecule has 10 heteroatoms. The summed E-state index contributed by atoms with van der Waals surface area (Å²) >= 11 is 4.00. The van der Waals surface area contributed by atoms with E-state index < -0.39 is 29.7 Å². The molecule has 1 fully saturated rings. The Labute approximate surface area is 181 Å². The third kappa shape index (κ3) is 6.89. The van der Waals surface area contributed by atoms with E-state index in [2.05, 4.69) is 28.6 Å². The topological polar surface area (TPSA) is 115 Å². The third-order valence-corrected chi connectivity index (χ3v) is 4.73. The Kier molecular flexibility index (Phi) is 8.94. The van der Waals surface area contributed by atoms with E-state index >= 15 is 0 Å². The molecule has 1 saturated heterocycles. The fourth-order valence-corrected chi connectivity index (χ4v) is 2.97. The second-order valence-electron chi connectivity index (χ2n) is 7.49. The van der Waals surface area contributed by atoms with Gasteiger partial charge in [-0.3, -0.25) is 14.9 Å². The summed E-state index contributed by atoms with van der Waals surface area (Å²) in [7, 11) is 1.57. The van der Waals surface area contributed by atoms with E-state index in [9.17, 15) is 14.4 Å². The minimum absolute atomic E-state index is 0.101. The number of carbonyl (C=O) groups is 3. The van der Waals surface area contributed by atoms with Crippen molar-refractivity contribution in [3.05, 3.63) is 29.8 Å². The summed E-state index contributed by atoms with van der Waals surface area (Å²) in [6, 6.07) is 6.45. The van der Waals surface area contributed by atoms with Crippen LogP contribution >= 0.6 is 12.6 Å². The standard InChI is InChI=1S/C20H29N3O6S/c1-20(2)12-28-18(13-4-6-14(27-3)7-5-13)29-16(20)17(25)23-19(26)22-9-8-15(24)21-10-11-30/h4-7,16,18,30H,8-12H2,1-3H3,(H,21,24)(H2,22,23,25,26)/t16-,18?/m0/s1. The van der Waals surface area contributed by atoms with Crippen LogP contribution in [0.2, 0.25) is 0 Å². The molecule has 0 aliphatic carbocycles. The van der Waals surface area contributed by atoms with E-state index in [1.54, 1.807) is 31.4 Å². The van der Waals surface area contributed by atoms with Crippen LogP contribution in [0, 0.1) is 5.41 Å². The van der Waals surface area contributed by atoms with Crippen LogP contribution < -0.4 is 20.7 Å². The summed E-state index contributed by atoms with van der Waals surface area (Å²) in [5.74, 6) is 0.456. The monoisotopic (exact) mass is 439 g/mol. The number of urea groups is 1. The molecule has 1 heterocycles. The van der Waals surface area contributed by atoms with Gasteiger partial charge < -0.3 is 24.8 Å². The third-order valence-electron chi connectivity index (χ3n) is 4.51. The summed E-state index contributed by atoms with van der Waals surface area (Å²) in [6.45, 7) is 4.48. The van der Waals surface area contributed by atoms with Gasteiger partial charge in [0.1, 0.15) is 11.9 Å². The average molecular weight is 440 g/mol. The molecule has 3 N–H and O–H groups in total. The molecule has 1 unspecified atom stereocenters. The molecule has 9 nitrogen and oxygen atoms in total. The quantitative estimate of drug-likeness (QED) is 0.455. The summed E-state index contributed by atoms with van der Waals surface area (Å²) in [5.41, 5.74) is 0.0980. The van der Waals surface area contributed by atoms with E-state index in [-0.39, 0.29) is 25.5 Å². The minimum Gasteiger partial charge on any atom is -0.497 e. The van der Waals surface area contributed by atoms with Crippen molar-refractivity contribution in [2.45, 2.75) is 32.7 Å². The SMILES string of the molecule is COc1ccc(C2OCC(C)(C)[C@H](C(=O)NC(=O)NCCC(=O)NCCS)O2)cc1. The highest BCUT2D eigenvalue weighted by Gasteiger charge is 2.43. The molecule has 1 aliphatic heterocycles. The molecule has 2 rings (SSSR count). The normalized spacial score (nSPS) is 20.1. The fourth-order valence-electron chi connectivity index (χ4n) is 2.86. The molecule has 0 radical (unpaired) electrons. The maximum Gasteiger partial charge on any atom is 0.321 e. The Balaban J connectivity index is 1.90. The molecule has 0 aromatic heterocycles. The molecule has 1 aromatic carbocycles. The highest BCUT2D eigenvalue weighted by Crippen LogP contribution is 2.36. The lowest BCUT2D eigenvalue weighted by atomic mass is 9.85. The predicted octanol–water partition coefficient (Wildman–Crippen LogP) is 1.40. The van der Waals surface area contributed by atoms with Crippen molar-refractivity contribution in [1.29, 1.82) is 0 Å². The zero-order valence-corrected chi connectivity index (χ0v) is 18.3. The van der Waals surface area contributed by atoms with Crippen LogP contribution in [-0.4, -0.2) is 56.5 Å². The number of methoxy groups -OCH3 is 1. The van der Waals surface area contributed by atoms with Crippen LogP contribution in [0.3, 0.4) is 0 Å². The smallest absolute Gasteiger partial charge is 0.321 e. The summed E-state index contributed by atoms with van der Waals surface area (Å²) in [4.78, 5) is 36.2. The lowest BCUT2D eigenvalue weighted by Crippen LogP contribution is -2.54. The van der Waals surface area contributed by atoms with Crippen LogP contribution in [0.5, 0.6) is 5.75 Å². The highest BCUT2D eigenvalue weighted by atomic mass is 32.1. The number of rotatable bonds is 8. The number of carbonyl (C=O) groups excluding carboxylic acids is 3. The molecule has 0 bridgehead atoms. The first-order valence-corrected chi connectivity index (χ1v) is 10.3. The molecule has 2 atom stereocenters. The fraction of sp³-hybridized carbons (Fsp3) is 0.550. The number of amides is 4. The van der Waals surface area contributed by atoms with Gasteiger partial charge in [-0.15, -0.1) is 0 Å². The maximum atomic E-state index is 12.7. The van der Waals surface area contributed by atoms with E-state index in [0.29, 0.717) is 18.0 Å². The highest BCUT2D eigenvalue weighted by molar-refractivity contribution is 7.80. The van der Waals surface area contributed by atoms with Crippen LogP contribution in [0.25, 0.3) is 0 Å². The molecular weight excluding hydrogens is 410 g/mol. The van der Waals surface area contributed by atoms with E-state index in [4.69, 9.17) is 14.2 Å². The molecular formula is C20H29N3O6S. The summed E-state index contributed by atoms with van der Waals surface area (Å²) in [5, 5.41) is 7.41. The van der Waals surface area contributed by atoms with Crippen LogP contribution in [0.1, 0.15) is 32.1 Å². The zero-order valence-electron chi connectivity index (χ0n) is 17.4. The Bertz CT molecular complexity index is 741. The van der Waals surface area contributed by atoms with Crippen molar-refractivity contribution in [2.24, 2.45) is 5.41 Å². The van der Waals surface area contributed by atoms with Crippen molar-refractivity contribution in [3.63, 3.8) is 0 Å². The number of thiol groups is 1. The van der Waals surface area contributed by atoms with Crippen molar-refractivity contribution in [2.75, 3.05) is 32.6 Å². The first-order chi connectivity index (χ1) is 14.3. The van der Waals surface area contributed by atoms with Gasteiger partial charge in [-0.1, -0.05) is 26.0 Å². The first kappa shape index (κ1) is 24.0. The second-order valence-corrected chi connectivity index (χ2v) is 7.94. The largest absolute Gasteiger partial charge is 0.497 e. The Morgan fingerprint density at radius 1 is 1.17 bits per heavy atom. The first-order valence-electron chi connectivity index (χ1n) is 9.64. The minimum atomic E-state index is -0.900. The van der Waals surface area contributed by atoms with Gasteiger partial charge in [0.25, 0.3) is 5.91 Å². The van der Waals surface area contributed by atoms with Crippen molar-refractivity contribution in [1.82, 2.24) is 16.0 Å². The van der Waals surface area contributed by atoms with Gasteiger partial charge in [-0.25, -0.2) is 4.79 Å². The van der Waals surface area contributed by atoms with Gasteiger partial charge in [0.15, 0.2) is 6.29 Å². The van der Waals surface area contributed by atoms with Gasteiger partial charge in [0.05, 0.1) is 13.7 Å². The molecule has 0 saturated carbocycles. The zero-order chi connectivity index (χ0) is 22.1. The van der Waals surface area contributed by atoms with Crippen LogP contribution in [0.4, 0.5) is 4.79 Å². The van der Waals surface area contributed by atoms with Crippen LogP contribution in [0.15, 0.2) is 24.3 Å². The second kappa shape index (κ2) is 11.2. The Hall–Kier alpha value is -2.30. The molecule has 4 amide bonds. The van der Waals surface area contributed by atoms with Gasteiger partial charge in [-0.2, -0.15) is 12.6 Å². The number of hydrogen-bond acceptors (Lipinski definition) is 7. The predicted molar refractivity (Wildman–Crippen MR) is 113 cm³/mol. The molecule has 1 aromatic rings. The number of ether oxygens (including phenoxy) is 3. The van der Waals surface area contributed by atoms with Gasteiger partial charge in [0.2, 0.25) is 5.91 Å². The number of imide groups is 1. The Morgan fingerprint density at radius 2 is 1.87 bits per heavy atom. The van der Waals surface area contributed by atoms with Gasteiger partial charge >= 0.3 is 6.03 Å². The number of benzene rings is 1. The van der Waals surface area contributed by atoms with E-state index in [1.807, 2.05) is 13.8 Å². The molecule has 1 aliphatic rings. The number of hydrogen-bond donors (Lipinski definition) is 4. The summed E-state index contributed by atoms with van der Waals surface area (Å²) in [6.07, 6.45) is -1.53. The molecule has 166 valence electrons.